The lowest BCUT2D eigenvalue weighted by atomic mass is 10.0. The molecule has 150 valence electrons. The van der Waals surface area contributed by atoms with Gasteiger partial charge in [0.05, 0.1) is 21.3 Å². The summed E-state index contributed by atoms with van der Waals surface area (Å²) in [7, 11) is 4.13. The fraction of sp³-hybridized carbons (Fsp3) is 0.263. The number of H-pyrrole nitrogens is 1. The Kier molecular flexibility index (Phi) is 5.26. The molecule has 1 atom stereocenters. The van der Waals surface area contributed by atoms with Gasteiger partial charge in [0.2, 0.25) is 5.75 Å². The Bertz CT molecular complexity index is 960. The summed E-state index contributed by atoms with van der Waals surface area (Å²) in [4.78, 5) is 2.74. The van der Waals surface area contributed by atoms with Gasteiger partial charge in [-0.25, -0.2) is 4.39 Å². The van der Waals surface area contributed by atoms with E-state index in [0.29, 0.717) is 5.52 Å². The van der Waals surface area contributed by atoms with Crippen molar-refractivity contribution in [1.29, 1.82) is 0 Å². The first-order chi connectivity index (χ1) is 13.3. The summed E-state index contributed by atoms with van der Waals surface area (Å²) >= 11 is 0. The van der Waals surface area contributed by atoms with Gasteiger partial charge in [-0.2, -0.15) is 13.2 Å². The molecule has 0 unspecified atom stereocenters. The molecule has 5 nitrogen and oxygen atoms in total. The van der Waals surface area contributed by atoms with E-state index in [1.54, 1.807) is 0 Å². The molecule has 0 aliphatic rings. The minimum atomic E-state index is -4.65. The number of fused-ring (bicyclic) bond motifs is 1. The molecule has 1 aromatic heterocycles. The number of nitrogens with one attached hydrogen (secondary N) is 2. The number of hydrogen-bond donors (Lipinski definition) is 2. The second-order valence-electron chi connectivity index (χ2n) is 5.97. The summed E-state index contributed by atoms with van der Waals surface area (Å²) in [6, 6.07) is 4.28. The van der Waals surface area contributed by atoms with E-state index in [1.165, 1.54) is 51.8 Å². The largest absolute Gasteiger partial charge is 0.493 e. The van der Waals surface area contributed by atoms with Gasteiger partial charge in [0.15, 0.2) is 17.5 Å². The van der Waals surface area contributed by atoms with Gasteiger partial charge in [-0.3, -0.25) is 0 Å². The SMILES string of the molecule is COc1cc(N[C@H](c2c[nH]c3ccc(F)cc23)C(F)(F)F)cc(OC)c1OC. The maximum atomic E-state index is 13.9. The van der Waals surface area contributed by atoms with Gasteiger partial charge in [-0.1, -0.05) is 0 Å². The molecule has 3 rings (SSSR count). The summed E-state index contributed by atoms with van der Waals surface area (Å²) < 4.78 is 70.7. The third kappa shape index (κ3) is 3.64. The molecule has 2 N–H and O–H groups in total. The fourth-order valence-electron chi connectivity index (χ4n) is 3.02. The zero-order valence-corrected chi connectivity index (χ0v) is 15.3. The smallest absolute Gasteiger partial charge is 0.412 e. The van der Waals surface area contributed by atoms with Crippen LogP contribution in [0.4, 0.5) is 23.2 Å². The van der Waals surface area contributed by atoms with Crippen LogP contribution >= 0.6 is 0 Å². The van der Waals surface area contributed by atoms with Crippen LogP contribution in [0.15, 0.2) is 36.5 Å². The van der Waals surface area contributed by atoms with Crippen LogP contribution in [0.5, 0.6) is 17.2 Å². The van der Waals surface area contributed by atoms with Crippen LogP contribution in [0.3, 0.4) is 0 Å². The summed E-state index contributed by atoms with van der Waals surface area (Å²) in [6.07, 6.45) is -3.44. The minimum Gasteiger partial charge on any atom is -0.493 e. The van der Waals surface area contributed by atoms with Crippen LogP contribution in [0.25, 0.3) is 10.9 Å². The first-order valence-corrected chi connectivity index (χ1v) is 8.18. The molecule has 0 spiro atoms. The predicted octanol–water partition coefficient (Wildman–Crippen LogP) is 5.05. The van der Waals surface area contributed by atoms with Crippen LogP contribution in [-0.4, -0.2) is 32.5 Å². The van der Waals surface area contributed by atoms with Crippen LogP contribution in [0.1, 0.15) is 11.6 Å². The number of methoxy groups -OCH3 is 3. The number of aromatic nitrogens is 1. The second kappa shape index (κ2) is 7.49. The molecule has 1 heterocycles. The molecule has 9 heteroatoms. The van der Waals surface area contributed by atoms with Crippen molar-refractivity contribution < 1.29 is 31.8 Å². The standard InChI is InChI=1S/C19H18F4N2O3/c1-26-15-7-11(8-16(27-2)17(15)28-3)25-18(19(21,22)23)13-9-24-14-5-4-10(20)6-12(13)14/h4-9,18,24-25H,1-3H3/t18-/m1/s1. The van der Waals surface area contributed by atoms with Crippen molar-refractivity contribution >= 4 is 16.6 Å². The van der Waals surface area contributed by atoms with Crippen molar-refractivity contribution in [3.63, 3.8) is 0 Å². The monoisotopic (exact) mass is 398 g/mol. The van der Waals surface area contributed by atoms with Crippen LogP contribution in [0, 0.1) is 5.82 Å². The van der Waals surface area contributed by atoms with E-state index in [2.05, 4.69) is 10.3 Å². The molecule has 0 aliphatic carbocycles. The van der Waals surface area contributed by atoms with Gasteiger partial charge in [0.1, 0.15) is 5.82 Å². The summed E-state index contributed by atoms with van der Waals surface area (Å²) in [5.74, 6) is 0.0424. The lowest BCUT2D eigenvalue weighted by Gasteiger charge is -2.24. The third-order valence-electron chi connectivity index (χ3n) is 4.29. The molecule has 0 aliphatic heterocycles. The average molecular weight is 398 g/mol. The number of benzene rings is 2. The molecule has 0 radical (unpaired) electrons. The number of alkyl halides is 3. The van der Waals surface area contributed by atoms with Crippen molar-refractivity contribution in [3.05, 3.63) is 47.9 Å². The summed E-state index contributed by atoms with van der Waals surface area (Å²) in [5.41, 5.74) is 0.371. The van der Waals surface area contributed by atoms with Crippen molar-refractivity contribution in [2.24, 2.45) is 0 Å². The highest BCUT2D eigenvalue weighted by atomic mass is 19.4. The van der Waals surface area contributed by atoms with Crippen LogP contribution in [0.2, 0.25) is 0 Å². The van der Waals surface area contributed by atoms with Crippen LogP contribution in [-0.2, 0) is 0 Å². The van der Waals surface area contributed by atoms with Gasteiger partial charge in [-0.15, -0.1) is 0 Å². The maximum absolute atomic E-state index is 13.9. The topological polar surface area (TPSA) is 55.5 Å². The molecule has 0 amide bonds. The first-order valence-electron chi connectivity index (χ1n) is 8.18. The van der Waals surface area contributed by atoms with E-state index >= 15 is 0 Å². The molecule has 0 saturated carbocycles. The fourth-order valence-corrected chi connectivity index (χ4v) is 3.02. The Hall–Kier alpha value is -3.10. The van der Waals surface area contributed by atoms with E-state index in [0.717, 1.165) is 6.07 Å². The van der Waals surface area contributed by atoms with Gasteiger partial charge < -0.3 is 24.5 Å². The Morgan fingerprint density at radius 2 is 1.61 bits per heavy atom. The molecule has 0 fully saturated rings. The molecule has 28 heavy (non-hydrogen) atoms. The quantitative estimate of drug-likeness (QED) is 0.571. The molecular formula is C19H18F4N2O3. The average Bonchev–Trinajstić information content (AvgIpc) is 3.06. The lowest BCUT2D eigenvalue weighted by molar-refractivity contribution is -0.143. The van der Waals surface area contributed by atoms with Gasteiger partial charge in [-0.05, 0) is 18.2 Å². The zero-order valence-electron chi connectivity index (χ0n) is 15.3. The molecule has 0 saturated heterocycles. The predicted molar refractivity (Wildman–Crippen MR) is 96.8 cm³/mol. The van der Waals surface area contributed by atoms with E-state index in [1.807, 2.05) is 0 Å². The first kappa shape index (κ1) is 19.7. The summed E-state index contributed by atoms with van der Waals surface area (Å²) in [6.45, 7) is 0. The maximum Gasteiger partial charge on any atom is 0.412 e. The third-order valence-corrected chi connectivity index (χ3v) is 4.29. The summed E-state index contributed by atoms with van der Waals surface area (Å²) in [5, 5.41) is 2.59. The Morgan fingerprint density at radius 1 is 0.964 bits per heavy atom. The lowest BCUT2D eigenvalue weighted by Crippen LogP contribution is -2.27. The Morgan fingerprint density at radius 3 is 2.14 bits per heavy atom. The molecular weight excluding hydrogens is 380 g/mol. The molecule has 2 aromatic carbocycles. The second-order valence-corrected chi connectivity index (χ2v) is 5.97. The van der Waals surface area contributed by atoms with Crippen molar-refractivity contribution in [3.8, 4) is 17.2 Å². The number of anilines is 1. The van der Waals surface area contributed by atoms with E-state index in [4.69, 9.17) is 14.2 Å². The van der Waals surface area contributed by atoms with Gasteiger partial charge >= 0.3 is 6.18 Å². The highest BCUT2D eigenvalue weighted by molar-refractivity contribution is 5.84. The van der Waals surface area contributed by atoms with Crippen molar-refractivity contribution in [2.45, 2.75) is 12.2 Å². The minimum absolute atomic E-state index is 0.0996. The number of hydrogen-bond acceptors (Lipinski definition) is 4. The normalized spacial score (nSPS) is 12.7. The molecule has 3 aromatic rings. The highest BCUT2D eigenvalue weighted by Crippen LogP contribution is 2.43. The van der Waals surface area contributed by atoms with E-state index in [-0.39, 0.29) is 33.9 Å². The van der Waals surface area contributed by atoms with Crippen LogP contribution < -0.4 is 19.5 Å². The Labute approximate surface area is 158 Å². The van der Waals surface area contributed by atoms with E-state index in [9.17, 15) is 17.6 Å². The van der Waals surface area contributed by atoms with Crippen molar-refractivity contribution in [2.75, 3.05) is 26.6 Å². The Balaban J connectivity index is 2.08. The number of ether oxygens (including phenoxy) is 3. The number of halogens is 4. The van der Waals surface area contributed by atoms with Gasteiger partial charge in [0.25, 0.3) is 0 Å². The van der Waals surface area contributed by atoms with Gasteiger partial charge in [0, 0.05) is 40.5 Å². The number of rotatable bonds is 6. The molecule has 0 bridgehead atoms. The zero-order chi connectivity index (χ0) is 20.5. The van der Waals surface area contributed by atoms with E-state index < -0.39 is 18.0 Å². The van der Waals surface area contributed by atoms with Crippen molar-refractivity contribution in [1.82, 2.24) is 4.98 Å². The highest BCUT2D eigenvalue weighted by Gasteiger charge is 2.42. The number of aromatic amines is 1.